The quantitative estimate of drug-likeness (QED) is 0.822. The molecule has 1 unspecified atom stereocenters. The third-order valence-electron chi connectivity index (χ3n) is 3.90. The molecular weight excluding hydrogens is 282 g/mol. The first kappa shape index (κ1) is 14.2. The van der Waals surface area contributed by atoms with Crippen LogP contribution < -0.4 is 5.32 Å². The van der Waals surface area contributed by atoms with E-state index in [9.17, 15) is 0 Å². The van der Waals surface area contributed by atoms with Crippen molar-refractivity contribution in [3.8, 4) is 0 Å². The minimum atomic E-state index is 0.392. The molecular formula is C17H21NS2. The van der Waals surface area contributed by atoms with Crippen molar-refractivity contribution in [2.24, 2.45) is 0 Å². The fourth-order valence-corrected chi connectivity index (χ4v) is 5.41. The van der Waals surface area contributed by atoms with E-state index in [0.29, 0.717) is 17.3 Å². The van der Waals surface area contributed by atoms with Gasteiger partial charge in [0, 0.05) is 17.3 Å². The first-order valence-electron chi connectivity index (χ1n) is 7.20. The summed E-state index contributed by atoms with van der Waals surface area (Å²) in [7, 11) is 0. The monoisotopic (exact) mass is 303 g/mol. The molecule has 2 heterocycles. The zero-order valence-electron chi connectivity index (χ0n) is 12.2. The number of benzene rings is 1. The molecule has 0 aliphatic carbocycles. The minimum absolute atomic E-state index is 0.392. The van der Waals surface area contributed by atoms with Gasteiger partial charge in [-0.1, -0.05) is 36.8 Å². The Kier molecular flexibility index (Phi) is 4.20. The van der Waals surface area contributed by atoms with Crippen LogP contribution in [0.1, 0.15) is 49.0 Å². The van der Waals surface area contributed by atoms with Gasteiger partial charge in [0.25, 0.3) is 0 Å². The Balaban J connectivity index is 1.78. The van der Waals surface area contributed by atoms with Crippen LogP contribution >= 0.6 is 23.1 Å². The number of aryl methyl sites for hydroxylation is 1. The van der Waals surface area contributed by atoms with Gasteiger partial charge in [0.05, 0.1) is 4.21 Å². The number of hydrogen-bond donors (Lipinski definition) is 1. The van der Waals surface area contributed by atoms with Gasteiger partial charge in [-0.15, -0.1) is 23.1 Å². The van der Waals surface area contributed by atoms with Gasteiger partial charge in [-0.05, 0) is 42.8 Å². The summed E-state index contributed by atoms with van der Waals surface area (Å²) in [6, 6.07) is 12.0. The van der Waals surface area contributed by atoms with E-state index in [1.807, 2.05) is 23.1 Å². The molecule has 0 bridgehead atoms. The predicted octanol–water partition coefficient (Wildman–Crippen LogP) is 5.33. The van der Waals surface area contributed by atoms with Crippen LogP contribution in [0.15, 0.2) is 39.9 Å². The summed E-state index contributed by atoms with van der Waals surface area (Å²) in [6.45, 7) is 6.76. The molecule has 1 aromatic carbocycles. The molecule has 1 aliphatic heterocycles. The van der Waals surface area contributed by atoms with Crippen LogP contribution in [-0.2, 0) is 0 Å². The number of rotatable bonds is 3. The van der Waals surface area contributed by atoms with Crippen LogP contribution in [0.2, 0.25) is 0 Å². The molecule has 1 aromatic heterocycles. The maximum Gasteiger partial charge on any atom is 0.0649 e. The highest BCUT2D eigenvalue weighted by molar-refractivity contribution is 8.01. The van der Waals surface area contributed by atoms with Crippen molar-refractivity contribution in [2.75, 3.05) is 0 Å². The molecule has 3 heteroatoms. The zero-order valence-corrected chi connectivity index (χ0v) is 13.9. The molecule has 1 nitrogen and oxygen atoms in total. The van der Waals surface area contributed by atoms with Gasteiger partial charge in [0.15, 0.2) is 0 Å². The van der Waals surface area contributed by atoms with Crippen LogP contribution in [0.4, 0.5) is 0 Å². The number of hydrogen-bond acceptors (Lipinski definition) is 3. The maximum atomic E-state index is 3.83. The minimum Gasteiger partial charge on any atom is -0.303 e. The highest BCUT2D eigenvalue weighted by atomic mass is 32.2. The van der Waals surface area contributed by atoms with Gasteiger partial charge >= 0.3 is 0 Å². The summed E-state index contributed by atoms with van der Waals surface area (Å²) in [4.78, 5) is 0. The van der Waals surface area contributed by atoms with Crippen molar-refractivity contribution < 1.29 is 0 Å². The second-order valence-electron chi connectivity index (χ2n) is 5.68. The van der Waals surface area contributed by atoms with Crippen molar-refractivity contribution in [1.82, 2.24) is 5.32 Å². The lowest BCUT2D eigenvalue weighted by molar-refractivity contribution is 0.435. The Bertz CT molecular complexity index is 590. The molecule has 1 aliphatic rings. The molecule has 1 N–H and O–H groups in total. The summed E-state index contributed by atoms with van der Waals surface area (Å²) < 4.78 is 1.50. The van der Waals surface area contributed by atoms with E-state index in [-0.39, 0.29) is 0 Å². The molecule has 0 radical (unpaired) electrons. The van der Waals surface area contributed by atoms with E-state index in [1.165, 1.54) is 27.3 Å². The number of thioether (sulfide) groups is 1. The molecule has 0 amide bonds. The van der Waals surface area contributed by atoms with Crippen molar-refractivity contribution in [2.45, 2.75) is 48.7 Å². The highest BCUT2D eigenvalue weighted by Gasteiger charge is 2.27. The zero-order chi connectivity index (χ0) is 14.1. The van der Waals surface area contributed by atoms with Gasteiger partial charge in [-0.25, -0.2) is 0 Å². The van der Waals surface area contributed by atoms with Gasteiger partial charge in [0.2, 0.25) is 0 Å². The molecule has 0 saturated carbocycles. The lowest BCUT2D eigenvalue weighted by Crippen LogP contribution is -2.28. The van der Waals surface area contributed by atoms with Gasteiger partial charge < -0.3 is 5.32 Å². The van der Waals surface area contributed by atoms with Crippen molar-refractivity contribution in [3.05, 3.63) is 52.4 Å². The van der Waals surface area contributed by atoms with Gasteiger partial charge in [0.1, 0.15) is 0 Å². The van der Waals surface area contributed by atoms with Crippen LogP contribution in [0, 0.1) is 6.92 Å². The van der Waals surface area contributed by atoms with Crippen LogP contribution in [0.25, 0.3) is 0 Å². The summed E-state index contributed by atoms with van der Waals surface area (Å²) in [5.41, 5.74) is 4.21. The molecule has 2 aromatic rings. The predicted molar refractivity (Wildman–Crippen MR) is 89.7 cm³/mol. The fourth-order valence-electron chi connectivity index (χ4n) is 2.84. The molecule has 3 rings (SSSR count). The first-order valence-corrected chi connectivity index (χ1v) is 8.96. The second-order valence-corrected chi connectivity index (χ2v) is 8.31. The number of fused-ring (bicyclic) bond motifs is 1. The summed E-state index contributed by atoms with van der Waals surface area (Å²) in [6.07, 6.45) is 1.21. The van der Waals surface area contributed by atoms with E-state index in [2.05, 4.69) is 61.8 Å². The standard InChI is InChI=1S/C17H21NS2/c1-11-5-4-6-14(9-11)13(3)18-16-10-12(2)20-17-15(16)7-8-19-17/h4-9,12-13,16,18H,10H2,1-3H3/t12-,13+,16?/m0/s1. The van der Waals surface area contributed by atoms with Gasteiger partial charge in [-0.2, -0.15) is 0 Å². The molecule has 20 heavy (non-hydrogen) atoms. The molecule has 0 spiro atoms. The Morgan fingerprint density at radius 1 is 1.30 bits per heavy atom. The lowest BCUT2D eigenvalue weighted by atomic mass is 10.0. The third kappa shape index (κ3) is 2.95. The SMILES string of the molecule is Cc1cccc([C@@H](C)NC2C[C@H](C)Sc3sccc32)c1. The molecule has 0 fully saturated rings. The average Bonchev–Trinajstić information content (AvgIpc) is 2.86. The number of nitrogens with one attached hydrogen (secondary N) is 1. The summed E-state index contributed by atoms with van der Waals surface area (Å²) in [5.74, 6) is 0. The lowest BCUT2D eigenvalue weighted by Gasteiger charge is -2.30. The van der Waals surface area contributed by atoms with Crippen LogP contribution in [0.3, 0.4) is 0 Å². The fraction of sp³-hybridized carbons (Fsp3) is 0.412. The summed E-state index contributed by atoms with van der Waals surface area (Å²) >= 11 is 3.91. The van der Waals surface area contributed by atoms with Crippen molar-refractivity contribution in [3.63, 3.8) is 0 Å². The number of thiophene rings is 1. The largest absolute Gasteiger partial charge is 0.303 e. The van der Waals surface area contributed by atoms with E-state index in [0.717, 1.165) is 0 Å². The van der Waals surface area contributed by atoms with Crippen molar-refractivity contribution >= 4 is 23.1 Å². The first-order chi connectivity index (χ1) is 9.63. The van der Waals surface area contributed by atoms with Gasteiger partial charge in [-0.3, -0.25) is 0 Å². The Hall–Kier alpha value is -0.770. The normalized spacial score (nSPS) is 23.4. The van der Waals surface area contributed by atoms with Crippen molar-refractivity contribution in [1.29, 1.82) is 0 Å². The maximum absolute atomic E-state index is 3.83. The third-order valence-corrected chi connectivity index (χ3v) is 6.25. The van der Waals surface area contributed by atoms with E-state index in [1.54, 1.807) is 0 Å². The van der Waals surface area contributed by atoms with E-state index >= 15 is 0 Å². The molecule has 106 valence electrons. The molecule has 0 saturated heterocycles. The average molecular weight is 303 g/mol. The highest BCUT2D eigenvalue weighted by Crippen LogP contribution is 2.44. The molecule has 3 atom stereocenters. The second kappa shape index (κ2) is 5.92. The Morgan fingerprint density at radius 2 is 2.15 bits per heavy atom. The Labute approximate surface area is 129 Å². The Morgan fingerprint density at radius 3 is 2.95 bits per heavy atom. The summed E-state index contributed by atoms with van der Waals surface area (Å²) in [5, 5.41) is 6.75. The van der Waals surface area contributed by atoms with E-state index < -0.39 is 0 Å². The van der Waals surface area contributed by atoms with E-state index in [4.69, 9.17) is 0 Å². The smallest absolute Gasteiger partial charge is 0.0649 e. The topological polar surface area (TPSA) is 12.0 Å². The van der Waals surface area contributed by atoms with Crippen LogP contribution in [0.5, 0.6) is 0 Å². The van der Waals surface area contributed by atoms with Crippen LogP contribution in [-0.4, -0.2) is 5.25 Å².